The molecule has 2 aromatic carbocycles. The van der Waals surface area contributed by atoms with E-state index in [1.54, 1.807) is 31.3 Å². The van der Waals surface area contributed by atoms with Crippen LogP contribution in [0.25, 0.3) is 0 Å². The molecule has 7 heteroatoms. The van der Waals surface area contributed by atoms with Gasteiger partial charge in [-0.15, -0.1) is 11.8 Å². The highest BCUT2D eigenvalue weighted by Gasteiger charge is 2.28. The smallest absolute Gasteiger partial charge is 0.243 e. The number of rotatable bonds is 7. The van der Waals surface area contributed by atoms with Gasteiger partial charge in [0.05, 0.1) is 10.6 Å². The molecule has 0 heterocycles. The molecule has 0 aliphatic heterocycles. The number of hydrogen-bond acceptors (Lipinski definition) is 4. The molecule has 5 nitrogen and oxygen atoms in total. The Bertz CT molecular complexity index is 878. The molecule has 28 heavy (non-hydrogen) atoms. The molecule has 0 spiro atoms. The van der Waals surface area contributed by atoms with Crippen molar-refractivity contribution in [3.8, 4) is 0 Å². The number of thioether (sulfide) groups is 1. The summed E-state index contributed by atoms with van der Waals surface area (Å²) in [6.45, 7) is 0. The van der Waals surface area contributed by atoms with Gasteiger partial charge in [-0.1, -0.05) is 37.5 Å². The quantitative estimate of drug-likeness (QED) is 0.678. The van der Waals surface area contributed by atoms with Crippen LogP contribution in [0.3, 0.4) is 0 Å². The average molecular weight is 419 g/mol. The second-order valence-electron chi connectivity index (χ2n) is 6.99. The molecule has 3 rings (SSSR count). The van der Waals surface area contributed by atoms with Crippen molar-refractivity contribution < 1.29 is 13.2 Å². The lowest BCUT2D eigenvalue weighted by molar-refractivity contribution is -0.113. The SMILES string of the molecule is CN(C1CCCCC1)S(=O)(=O)c1ccc(NC(=O)CSc2ccccc2)cc1. The van der Waals surface area contributed by atoms with Gasteiger partial charge in [0.1, 0.15) is 0 Å². The Labute approximate surface area is 171 Å². The first-order valence-corrected chi connectivity index (χ1v) is 12.0. The predicted molar refractivity (Wildman–Crippen MR) is 114 cm³/mol. The van der Waals surface area contributed by atoms with Gasteiger partial charge in [-0.2, -0.15) is 4.31 Å². The lowest BCUT2D eigenvalue weighted by Gasteiger charge is -2.30. The third kappa shape index (κ3) is 5.37. The van der Waals surface area contributed by atoms with Gasteiger partial charge >= 0.3 is 0 Å². The van der Waals surface area contributed by atoms with Crippen molar-refractivity contribution in [1.82, 2.24) is 4.31 Å². The fraction of sp³-hybridized carbons (Fsp3) is 0.381. The van der Waals surface area contributed by atoms with E-state index in [2.05, 4.69) is 5.32 Å². The van der Waals surface area contributed by atoms with Crippen LogP contribution in [0.2, 0.25) is 0 Å². The summed E-state index contributed by atoms with van der Waals surface area (Å²) in [6.07, 6.45) is 5.18. The van der Waals surface area contributed by atoms with Crippen molar-refractivity contribution in [3.63, 3.8) is 0 Å². The number of sulfonamides is 1. The normalized spacial score (nSPS) is 15.5. The molecular formula is C21H26N2O3S2. The van der Waals surface area contributed by atoms with E-state index in [0.717, 1.165) is 30.6 Å². The van der Waals surface area contributed by atoms with Gasteiger partial charge in [0, 0.05) is 23.7 Å². The number of amides is 1. The van der Waals surface area contributed by atoms with E-state index >= 15 is 0 Å². The molecule has 0 atom stereocenters. The Kier molecular flexibility index (Phi) is 7.15. The first-order chi connectivity index (χ1) is 13.5. The number of carbonyl (C=O) groups excluding carboxylic acids is 1. The van der Waals surface area contributed by atoms with E-state index in [1.807, 2.05) is 30.3 Å². The predicted octanol–water partition coefficient (Wildman–Crippen LogP) is 4.37. The van der Waals surface area contributed by atoms with Crippen LogP contribution in [-0.2, 0) is 14.8 Å². The maximum Gasteiger partial charge on any atom is 0.243 e. The third-order valence-electron chi connectivity index (χ3n) is 5.02. The molecule has 1 N–H and O–H groups in total. The van der Waals surface area contributed by atoms with Crippen molar-refractivity contribution in [2.45, 2.75) is 47.9 Å². The highest BCUT2D eigenvalue weighted by atomic mass is 32.2. The summed E-state index contributed by atoms with van der Waals surface area (Å²) in [5.41, 5.74) is 0.595. The van der Waals surface area contributed by atoms with E-state index in [4.69, 9.17) is 0 Å². The summed E-state index contributed by atoms with van der Waals surface area (Å²) in [5.74, 6) is 0.179. The standard InChI is InChI=1S/C21H26N2O3S2/c1-23(18-8-4-2-5-9-18)28(25,26)20-14-12-17(13-15-20)22-21(24)16-27-19-10-6-3-7-11-19/h3,6-7,10-15,18H,2,4-5,8-9,16H2,1H3,(H,22,24). The number of hydrogen-bond donors (Lipinski definition) is 1. The minimum atomic E-state index is -3.51. The topological polar surface area (TPSA) is 66.5 Å². The van der Waals surface area contributed by atoms with Crippen molar-refractivity contribution in [1.29, 1.82) is 0 Å². The summed E-state index contributed by atoms with van der Waals surface area (Å²) >= 11 is 1.46. The largest absolute Gasteiger partial charge is 0.325 e. The van der Waals surface area contributed by atoms with Crippen LogP contribution in [0.5, 0.6) is 0 Å². The molecule has 1 saturated carbocycles. The number of carbonyl (C=O) groups is 1. The maximum absolute atomic E-state index is 12.9. The van der Waals surface area contributed by atoms with Crippen LogP contribution < -0.4 is 5.32 Å². The molecule has 0 bridgehead atoms. The van der Waals surface area contributed by atoms with Gasteiger partial charge in [-0.3, -0.25) is 4.79 Å². The molecule has 1 amide bonds. The summed E-state index contributed by atoms with van der Waals surface area (Å²) in [5, 5.41) is 2.82. The van der Waals surface area contributed by atoms with Crippen molar-refractivity contribution in [2.24, 2.45) is 0 Å². The molecule has 0 radical (unpaired) electrons. The van der Waals surface area contributed by atoms with Crippen molar-refractivity contribution >= 4 is 33.4 Å². The monoisotopic (exact) mass is 418 g/mol. The summed E-state index contributed by atoms with van der Waals surface area (Å²) in [4.78, 5) is 13.4. The zero-order valence-corrected chi connectivity index (χ0v) is 17.6. The zero-order valence-electron chi connectivity index (χ0n) is 16.0. The maximum atomic E-state index is 12.9. The number of nitrogens with one attached hydrogen (secondary N) is 1. The van der Waals surface area contributed by atoms with Crippen LogP contribution in [0.1, 0.15) is 32.1 Å². The van der Waals surface area contributed by atoms with Crippen LogP contribution in [-0.4, -0.2) is 37.5 Å². The molecule has 1 aliphatic carbocycles. The molecular weight excluding hydrogens is 392 g/mol. The van der Waals surface area contributed by atoms with E-state index < -0.39 is 10.0 Å². The van der Waals surface area contributed by atoms with Gasteiger partial charge < -0.3 is 5.32 Å². The van der Waals surface area contributed by atoms with E-state index in [1.165, 1.54) is 22.5 Å². The Morgan fingerprint density at radius 2 is 1.68 bits per heavy atom. The second kappa shape index (κ2) is 9.58. The fourth-order valence-electron chi connectivity index (χ4n) is 3.38. The van der Waals surface area contributed by atoms with Crippen molar-refractivity contribution in [3.05, 3.63) is 54.6 Å². The second-order valence-corrected chi connectivity index (χ2v) is 10.0. The minimum Gasteiger partial charge on any atom is -0.325 e. The molecule has 1 aliphatic rings. The number of benzene rings is 2. The van der Waals surface area contributed by atoms with Gasteiger partial charge in [-0.25, -0.2) is 8.42 Å². The average Bonchev–Trinajstić information content (AvgIpc) is 2.73. The highest BCUT2D eigenvalue weighted by Crippen LogP contribution is 2.27. The lowest BCUT2D eigenvalue weighted by atomic mass is 9.96. The Balaban J connectivity index is 1.58. The molecule has 0 unspecified atom stereocenters. The Hall–Kier alpha value is -1.83. The summed E-state index contributed by atoms with van der Waals surface area (Å²) < 4.78 is 27.2. The first kappa shape index (κ1) is 20.9. The molecule has 2 aromatic rings. The van der Waals surface area contributed by atoms with Gasteiger partial charge in [0.25, 0.3) is 0 Å². The van der Waals surface area contributed by atoms with Crippen LogP contribution in [0.15, 0.2) is 64.4 Å². The number of anilines is 1. The lowest BCUT2D eigenvalue weighted by Crippen LogP contribution is -2.38. The van der Waals surface area contributed by atoms with E-state index in [0.29, 0.717) is 11.4 Å². The first-order valence-electron chi connectivity index (χ1n) is 9.52. The van der Waals surface area contributed by atoms with Crippen LogP contribution >= 0.6 is 11.8 Å². The molecule has 0 saturated heterocycles. The fourth-order valence-corrected chi connectivity index (χ4v) is 5.52. The van der Waals surface area contributed by atoms with Crippen molar-refractivity contribution in [2.75, 3.05) is 18.1 Å². The Morgan fingerprint density at radius 1 is 1.04 bits per heavy atom. The molecule has 150 valence electrons. The molecule has 1 fully saturated rings. The zero-order chi connectivity index (χ0) is 20.0. The summed E-state index contributed by atoms with van der Waals surface area (Å²) in [7, 11) is -1.85. The minimum absolute atomic E-state index is 0.0770. The Morgan fingerprint density at radius 3 is 2.32 bits per heavy atom. The van der Waals surface area contributed by atoms with Gasteiger partial charge in [-0.05, 0) is 49.2 Å². The van der Waals surface area contributed by atoms with Crippen LogP contribution in [0.4, 0.5) is 5.69 Å². The van der Waals surface area contributed by atoms with Gasteiger partial charge in [0.15, 0.2) is 0 Å². The van der Waals surface area contributed by atoms with Gasteiger partial charge in [0.2, 0.25) is 15.9 Å². The van der Waals surface area contributed by atoms with E-state index in [9.17, 15) is 13.2 Å². The third-order valence-corrected chi connectivity index (χ3v) is 7.95. The highest BCUT2D eigenvalue weighted by molar-refractivity contribution is 8.00. The summed E-state index contributed by atoms with van der Waals surface area (Å²) in [6, 6.07) is 16.2. The van der Waals surface area contributed by atoms with Crippen LogP contribution in [0, 0.1) is 0 Å². The number of nitrogens with zero attached hydrogens (tertiary/aromatic N) is 1. The van der Waals surface area contributed by atoms with E-state index in [-0.39, 0.29) is 16.8 Å². The molecule has 0 aromatic heterocycles.